The minimum atomic E-state index is -3.59. The first-order valence-corrected chi connectivity index (χ1v) is 11.4. The molecule has 0 N–H and O–H groups in total. The van der Waals surface area contributed by atoms with Gasteiger partial charge >= 0.3 is 11.6 Å². The van der Waals surface area contributed by atoms with Gasteiger partial charge < -0.3 is 9.15 Å². The van der Waals surface area contributed by atoms with Gasteiger partial charge in [0.25, 0.3) is 0 Å². The Balaban J connectivity index is 1.51. The molecule has 7 heteroatoms. The molecule has 0 unspecified atom stereocenters. The van der Waals surface area contributed by atoms with Crippen LogP contribution in [0.2, 0.25) is 0 Å². The van der Waals surface area contributed by atoms with Crippen molar-refractivity contribution in [3.63, 3.8) is 0 Å². The zero-order valence-electron chi connectivity index (χ0n) is 16.8. The van der Waals surface area contributed by atoms with E-state index in [1.165, 1.54) is 18.2 Å². The molecule has 0 atom stereocenters. The van der Waals surface area contributed by atoms with Crippen molar-refractivity contribution in [1.29, 1.82) is 0 Å². The Morgan fingerprint density at radius 2 is 1.74 bits per heavy atom. The summed E-state index contributed by atoms with van der Waals surface area (Å²) in [7, 11) is -3.59. The SMILES string of the molecule is Cc1ccc(S(=O)(=O)CCC(=O)OCc2cc(=O)oc3ccc4ccccc4c23)cc1. The Morgan fingerprint density at radius 1 is 1.00 bits per heavy atom. The van der Waals surface area contributed by atoms with Crippen LogP contribution in [-0.4, -0.2) is 20.1 Å². The highest BCUT2D eigenvalue weighted by molar-refractivity contribution is 7.91. The van der Waals surface area contributed by atoms with Crippen molar-refractivity contribution < 1.29 is 22.4 Å². The maximum atomic E-state index is 12.4. The topological polar surface area (TPSA) is 90.6 Å². The smallest absolute Gasteiger partial charge is 0.336 e. The standard InChI is InChI=1S/C24H20O6S/c1-16-6-9-19(10-7-16)31(27,28)13-12-22(25)29-15-18-14-23(26)30-21-11-8-17-4-2-3-5-20(17)24(18)21/h2-11,14H,12-13,15H2,1H3. The van der Waals surface area contributed by atoms with Crippen LogP contribution in [0.3, 0.4) is 0 Å². The highest BCUT2D eigenvalue weighted by atomic mass is 32.2. The van der Waals surface area contributed by atoms with Gasteiger partial charge in [-0.2, -0.15) is 0 Å². The Morgan fingerprint density at radius 3 is 2.52 bits per heavy atom. The van der Waals surface area contributed by atoms with Crippen LogP contribution >= 0.6 is 0 Å². The van der Waals surface area contributed by atoms with E-state index in [-0.39, 0.29) is 23.7 Å². The molecule has 0 aliphatic rings. The Kier molecular flexibility index (Phi) is 5.61. The largest absolute Gasteiger partial charge is 0.461 e. The average molecular weight is 436 g/mol. The molecule has 1 heterocycles. The number of rotatable bonds is 6. The zero-order chi connectivity index (χ0) is 22.0. The summed E-state index contributed by atoms with van der Waals surface area (Å²) in [6.07, 6.45) is -0.281. The van der Waals surface area contributed by atoms with E-state index < -0.39 is 21.4 Å². The second kappa shape index (κ2) is 8.35. The van der Waals surface area contributed by atoms with Crippen LogP contribution in [0.5, 0.6) is 0 Å². The predicted molar refractivity (Wildman–Crippen MR) is 118 cm³/mol. The van der Waals surface area contributed by atoms with Crippen LogP contribution in [0.25, 0.3) is 21.7 Å². The summed E-state index contributed by atoms with van der Waals surface area (Å²) in [6, 6.07) is 18.9. The van der Waals surface area contributed by atoms with Crippen LogP contribution in [0, 0.1) is 6.92 Å². The van der Waals surface area contributed by atoms with E-state index in [4.69, 9.17) is 9.15 Å². The maximum Gasteiger partial charge on any atom is 0.336 e. The summed E-state index contributed by atoms with van der Waals surface area (Å²) in [5, 5.41) is 2.52. The van der Waals surface area contributed by atoms with Crippen LogP contribution in [0.1, 0.15) is 17.5 Å². The van der Waals surface area contributed by atoms with Crippen molar-refractivity contribution in [2.24, 2.45) is 0 Å². The molecule has 158 valence electrons. The van der Waals surface area contributed by atoms with Gasteiger partial charge in [-0.1, -0.05) is 48.0 Å². The number of ether oxygens (including phenoxy) is 1. The molecule has 4 rings (SSSR count). The molecule has 1 aromatic heterocycles. The monoisotopic (exact) mass is 436 g/mol. The fraction of sp³-hybridized carbons (Fsp3) is 0.167. The lowest BCUT2D eigenvalue weighted by Crippen LogP contribution is -2.14. The molecule has 0 spiro atoms. The lowest BCUT2D eigenvalue weighted by Gasteiger charge is -2.10. The van der Waals surface area contributed by atoms with Crippen molar-refractivity contribution >= 4 is 37.5 Å². The van der Waals surface area contributed by atoms with Gasteiger partial charge in [-0.25, -0.2) is 13.2 Å². The van der Waals surface area contributed by atoms with E-state index in [1.54, 1.807) is 18.2 Å². The molecule has 0 amide bonds. The lowest BCUT2D eigenvalue weighted by molar-refractivity contribution is -0.144. The van der Waals surface area contributed by atoms with Gasteiger partial charge in [0.2, 0.25) is 0 Å². The first kappa shape index (κ1) is 20.8. The van der Waals surface area contributed by atoms with E-state index in [1.807, 2.05) is 37.3 Å². The van der Waals surface area contributed by atoms with Crippen LogP contribution < -0.4 is 5.63 Å². The van der Waals surface area contributed by atoms with Crippen LogP contribution in [0.4, 0.5) is 0 Å². The van der Waals surface area contributed by atoms with Gasteiger partial charge in [-0.15, -0.1) is 0 Å². The van der Waals surface area contributed by atoms with E-state index in [0.717, 1.165) is 16.3 Å². The van der Waals surface area contributed by atoms with E-state index in [9.17, 15) is 18.0 Å². The van der Waals surface area contributed by atoms with Crippen molar-refractivity contribution in [2.45, 2.75) is 24.8 Å². The van der Waals surface area contributed by atoms with E-state index >= 15 is 0 Å². The second-order valence-corrected chi connectivity index (χ2v) is 9.40. The van der Waals surface area contributed by atoms with Gasteiger partial charge in [0, 0.05) is 17.0 Å². The van der Waals surface area contributed by atoms with Crippen LogP contribution in [-0.2, 0) is 26.0 Å². The number of fused-ring (bicyclic) bond motifs is 3. The third kappa shape index (κ3) is 4.51. The van der Waals surface area contributed by atoms with Crippen LogP contribution in [0.15, 0.2) is 80.8 Å². The van der Waals surface area contributed by atoms with Crippen molar-refractivity contribution in [2.75, 3.05) is 5.75 Å². The Bertz CT molecular complexity index is 1430. The first-order valence-electron chi connectivity index (χ1n) is 9.73. The Hall–Kier alpha value is -3.45. The van der Waals surface area contributed by atoms with Gasteiger partial charge in [0.15, 0.2) is 9.84 Å². The van der Waals surface area contributed by atoms with Gasteiger partial charge in [0.1, 0.15) is 12.2 Å². The number of hydrogen-bond acceptors (Lipinski definition) is 6. The summed E-state index contributed by atoms with van der Waals surface area (Å²) < 4.78 is 35.5. The highest BCUT2D eigenvalue weighted by Crippen LogP contribution is 2.27. The lowest BCUT2D eigenvalue weighted by atomic mass is 10.0. The van der Waals surface area contributed by atoms with Crippen molar-refractivity contribution in [3.8, 4) is 0 Å². The number of hydrogen-bond donors (Lipinski definition) is 0. The molecule has 31 heavy (non-hydrogen) atoms. The normalized spacial score (nSPS) is 11.6. The number of esters is 1. The molecule has 0 saturated heterocycles. The van der Waals surface area contributed by atoms with Gasteiger partial charge in [0.05, 0.1) is 17.1 Å². The fourth-order valence-corrected chi connectivity index (χ4v) is 4.67. The van der Waals surface area contributed by atoms with Gasteiger partial charge in [-0.05, 0) is 35.9 Å². The average Bonchev–Trinajstić information content (AvgIpc) is 2.76. The second-order valence-electron chi connectivity index (χ2n) is 7.29. The van der Waals surface area contributed by atoms with Crippen molar-refractivity contribution in [1.82, 2.24) is 0 Å². The number of carbonyl (C=O) groups is 1. The molecular weight excluding hydrogens is 416 g/mol. The summed E-state index contributed by atoms with van der Waals surface area (Å²) in [5.41, 5.74) is 1.32. The number of benzene rings is 3. The summed E-state index contributed by atoms with van der Waals surface area (Å²) >= 11 is 0. The van der Waals surface area contributed by atoms with E-state index in [0.29, 0.717) is 16.5 Å². The third-order valence-corrected chi connectivity index (χ3v) is 6.79. The molecule has 0 radical (unpaired) electrons. The third-order valence-electron chi connectivity index (χ3n) is 5.06. The molecule has 0 fully saturated rings. The predicted octanol–water partition coefficient (Wildman–Crippen LogP) is 4.16. The number of carbonyl (C=O) groups excluding carboxylic acids is 1. The minimum Gasteiger partial charge on any atom is -0.461 e. The molecule has 0 bridgehead atoms. The van der Waals surface area contributed by atoms with Gasteiger partial charge in [-0.3, -0.25) is 4.79 Å². The minimum absolute atomic E-state index is 0.153. The number of aryl methyl sites for hydroxylation is 1. The molecule has 0 saturated carbocycles. The molecule has 3 aromatic carbocycles. The molecule has 0 aliphatic carbocycles. The molecule has 0 aliphatic heterocycles. The summed E-state index contributed by atoms with van der Waals surface area (Å²) in [4.78, 5) is 24.4. The maximum absolute atomic E-state index is 12.4. The summed E-state index contributed by atoms with van der Waals surface area (Å²) in [5.74, 6) is -1.01. The quantitative estimate of drug-likeness (QED) is 0.256. The summed E-state index contributed by atoms with van der Waals surface area (Å²) in [6.45, 7) is 1.71. The molecule has 6 nitrogen and oxygen atoms in total. The van der Waals surface area contributed by atoms with Crippen molar-refractivity contribution in [3.05, 3.63) is 88.3 Å². The first-order chi connectivity index (χ1) is 14.8. The molecule has 4 aromatic rings. The zero-order valence-corrected chi connectivity index (χ0v) is 17.6. The van der Waals surface area contributed by atoms with E-state index in [2.05, 4.69) is 0 Å². The fourth-order valence-electron chi connectivity index (χ4n) is 3.45. The number of sulfone groups is 1. The molecular formula is C24H20O6S. The highest BCUT2D eigenvalue weighted by Gasteiger charge is 2.18. The Labute approximate surface area is 179 Å².